The molecule has 26 heavy (non-hydrogen) atoms. The first-order valence-electron chi connectivity index (χ1n) is 8.50. The molecule has 0 atom stereocenters. The van der Waals surface area contributed by atoms with E-state index in [2.05, 4.69) is 32.9 Å². The lowest BCUT2D eigenvalue weighted by atomic mass is 9.96. The van der Waals surface area contributed by atoms with Crippen LogP contribution < -0.4 is 10.1 Å². The predicted molar refractivity (Wildman–Crippen MR) is 107 cm³/mol. The number of piperidine rings is 1. The summed E-state index contributed by atoms with van der Waals surface area (Å²) in [6, 6.07) is 13.0. The van der Waals surface area contributed by atoms with E-state index in [0.29, 0.717) is 37.5 Å². The molecule has 3 rings (SSSR count). The Labute approximate surface area is 166 Å². The van der Waals surface area contributed by atoms with E-state index < -0.39 is 0 Å². The van der Waals surface area contributed by atoms with Crippen molar-refractivity contribution in [2.45, 2.75) is 12.8 Å². The molecule has 1 aliphatic rings. The molecule has 0 bridgehead atoms. The number of pyridine rings is 1. The number of benzene rings is 1. The van der Waals surface area contributed by atoms with Crippen molar-refractivity contribution in [1.29, 1.82) is 0 Å². The summed E-state index contributed by atoms with van der Waals surface area (Å²) in [5.74, 6) is 1.06. The lowest BCUT2D eigenvalue weighted by Gasteiger charge is -2.31. The summed E-state index contributed by atoms with van der Waals surface area (Å²) < 4.78 is 6.67. The van der Waals surface area contributed by atoms with Crippen LogP contribution in [0.15, 0.2) is 48.7 Å². The van der Waals surface area contributed by atoms with Crippen LogP contribution in [0.3, 0.4) is 0 Å². The molecule has 1 aliphatic heterocycles. The van der Waals surface area contributed by atoms with Crippen molar-refractivity contribution in [2.24, 2.45) is 5.92 Å². The van der Waals surface area contributed by atoms with Gasteiger partial charge >= 0.3 is 0 Å². The van der Waals surface area contributed by atoms with Gasteiger partial charge in [-0.3, -0.25) is 9.59 Å². The number of hydrogen-bond acceptors (Lipinski definition) is 4. The van der Waals surface area contributed by atoms with Crippen LogP contribution >= 0.6 is 22.6 Å². The number of hydrogen-bond donors (Lipinski definition) is 1. The molecule has 1 N–H and O–H groups in total. The molecule has 2 heterocycles. The van der Waals surface area contributed by atoms with Crippen LogP contribution in [0.2, 0.25) is 0 Å². The van der Waals surface area contributed by atoms with Crippen LogP contribution in [0.5, 0.6) is 5.75 Å². The quantitative estimate of drug-likeness (QED) is 0.690. The number of rotatable bonds is 5. The summed E-state index contributed by atoms with van der Waals surface area (Å²) in [6.45, 7) is 1.15. The molecule has 1 saturated heterocycles. The molecule has 1 aromatic carbocycles. The number of ether oxygens (including phenoxy) is 1. The predicted octanol–water partition coefficient (Wildman–Crippen LogP) is 2.94. The van der Waals surface area contributed by atoms with Gasteiger partial charge in [0.25, 0.3) is 5.91 Å². The van der Waals surface area contributed by atoms with Crippen LogP contribution in [0.25, 0.3) is 0 Å². The van der Waals surface area contributed by atoms with E-state index in [1.54, 1.807) is 23.2 Å². The lowest BCUT2D eigenvalue weighted by Crippen LogP contribution is -2.43. The zero-order chi connectivity index (χ0) is 18.4. The summed E-state index contributed by atoms with van der Waals surface area (Å²) in [5, 5.41) is 2.83. The van der Waals surface area contributed by atoms with Crippen LogP contribution in [0.4, 0.5) is 5.82 Å². The van der Waals surface area contributed by atoms with Crippen molar-refractivity contribution >= 4 is 40.2 Å². The number of nitrogens with zero attached hydrogens (tertiary/aromatic N) is 2. The Balaban J connectivity index is 1.43. The summed E-state index contributed by atoms with van der Waals surface area (Å²) in [4.78, 5) is 30.5. The van der Waals surface area contributed by atoms with Crippen LogP contribution in [0.1, 0.15) is 12.8 Å². The van der Waals surface area contributed by atoms with Crippen molar-refractivity contribution in [3.05, 3.63) is 52.2 Å². The smallest absolute Gasteiger partial charge is 0.260 e. The third-order valence-electron chi connectivity index (χ3n) is 4.31. The average molecular weight is 465 g/mol. The largest absolute Gasteiger partial charge is 0.484 e. The van der Waals surface area contributed by atoms with Gasteiger partial charge in [0.05, 0.1) is 0 Å². The molecule has 136 valence electrons. The van der Waals surface area contributed by atoms with E-state index in [9.17, 15) is 9.59 Å². The molecule has 0 radical (unpaired) electrons. The van der Waals surface area contributed by atoms with E-state index >= 15 is 0 Å². The molecule has 1 fully saturated rings. The van der Waals surface area contributed by atoms with Crippen LogP contribution in [-0.2, 0) is 9.59 Å². The van der Waals surface area contributed by atoms with Gasteiger partial charge in [0.15, 0.2) is 6.61 Å². The highest BCUT2D eigenvalue weighted by Gasteiger charge is 2.27. The van der Waals surface area contributed by atoms with E-state index in [1.165, 1.54) is 0 Å². The van der Waals surface area contributed by atoms with Crippen molar-refractivity contribution < 1.29 is 14.3 Å². The van der Waals surface area contributed by atoms with Crippen molar-refractivity contribution in [3.63, 3.8) is 0 Å². The molecule has 2 amide bonds. The van der Waals surface area contributed by atoms with Crippen LogP contribution in [-0.4, -0.2) is 41.4 Å². The molecule has 0 saturated carbocycles. The summed E-state index contributed by atoms with van der Waals surface area (Å²) in [6.07, 6.45) is 2.94. The van der Waals surface area contributed by atoms with Crippen molar-refractivity contribution in [3.8, 4) is 5.75 Å². The molecule has 0 unspecified atom stereocenters. The molecule has 7 heteroatoms. The number of carbonyl (C=O) groups excluding carboxylic acids is 2. The second-order valence-corrected chi connectivity index (χ2v) is 7.35. The Morgan fingerprint density at radius 2 is 1.88 bits per heavy atom. The number of carbonyl (C=O) groups is 2. The summed E-state index contributed by atoms with van der Waals surface area (Å²) in [5.41, 5.74) is 0. The highest BCUT2D eigenvalue weighted by Crippen LogP contribution is 2.19. The second-order valence-electron chi connectivity index (χ2n) is 6.10. The highest BCUT2D eigenvalue weighted by atomic mass is 127. The average Bonchev–Trinajstić information content (AvgIpc) is 2.68. The minimum Gasteiger partial charge on any atom is -0.484 e. The van der Waals surface area contributed by atoms with Crippen molar-refractivity contribution in [2.75, 3.05) is 25.0 Å². The van der Waals surface area contributed by atoms with E-state index in [1.807, 2.05) is 30.3 Å². The third kappa shape index (κ3) is 5.17. The number of likely N-dealkylation sites (tertiary alicyclic amines) is 1. The molecule has 0 spiro atoms. The fraction of sp³-hybridized carbons (Fsp3) is 0.316. The Bertz CT molecular complexity index is 744. The molecule has 2 aromatic rings. The molecule has 0 aliphatic carbocycles. The van der Waals surface area contributed by atoms with E-state index in [4.69, 9.17) is 4.74 Å². The minimum atomic E-state index is -0.0989. The normalized spacial score (nSPS) is 14.7. The molecular formula is C19H20IN3O3. The standard InChI is InChI=1S/C19H20IN3O3/c20-15-4-6-16(7-5-15)26-13-18(24)23-11-8-14(9-12-23)19(25)22-17-3-1-2-10-21-17/h1-7,10,14H,8-9,11-13H2,(H,21,22,25). The van der Waals surface area contributed by atoms with Crippen molar-refractivity contribution in [1.82, 2.24) is 9.88 Å². The van der Waals surface area contributed by atoms with Gasteiger partial charge < -0.3 is 15.0 Å². The van der Waals surface area contributed by atoms with E-state index in [0.717, 1.165) is 3.57 Å². The van der Waals surface area contributed by atoms with Gasteiger partial charge in [-0.05, 0) is 71.8 Å². The van der Waals surface area contributed by atoms with Gasteiger partial charge in [-0.25, -0.2) is 4.98 Å². The highest BCUT2D eigenvalue weighted by molar-refractivity contribution is 14.1. The minimum absolute atomic E-state index is 0.0192. The summed E-state index contributed by atoms with van der Waals surface area (Å²) in [7, 11) is 0. The number of nitrogens with one attached hydrogen (secondary N) is 1. The number of anilines is 1. The second kappa shape index (κ2) is 8.98. The first-order chi connectivity index (χ1) is 12.6. The first kappa shape index (κ1) is 18.6. The molecular weight excluding hydrogens is 445 g/mol. The molecule has 1 aromatic heterocycles. The maximum absolute atomic E-state index is 12.3. The van der Waals surface area contributed by atoms with Gasteiger partial charge in [0, 0.05) is 28.8 Å². The van der Waals surface area contributed by atoms with Gasteiger partial charge in [-0.2, -0.15) is 0 Å². The van der Waals surface area contributed by atoms with Gasteiger partial charge in [0.1, 0.15) is 11.6 Å². The fourth-order valence-electron chi connectivity index (χ4n) is 2.82. The monoisotopic (exact) mass is 465 g/mol. The Morgan fingerprint density at radius 3 is 2.54 bits per heavy atom. The number of halogens is 1. The Kier molecular flexibility index (Phi) is 6.43. The van der Waals surface area contributed by atoms with Gasteiger partial charge in [-0.15, -0.1) is 0 Å². The zero-order valence-corrected chi connectivity index (χ0v) is 16.4. The lowest BCUT2D eigenvalue weighted by molar-refractivity contribution is -0.136. The number of aromatic nitrogens is 1. The first-order valence-corrected chi connectivity index (χ1v) is 9.58. The maximum Gasteiger partial charge on any atom is 0.260 e. The fourth-order valence-corrected chi connectivity index (χ4v) is 3.18. The Morgan fingerprint density at radius 1 is 1.15 bits per heavy atom. The Hall–Kier alpha value is -2.16. The maximum atomic E-state index is 12.3. The SMILES string of the molecule is O=C(Nc1ccccn1)C1CCN(C(=O)COc2ccc(I)cc2)CC1. The van der Waals surface area contributed by atoms with Crippen LogP contribution in [0, 0.1) is 9.49 Å². The van der Waals surface area contributed by atoms with Gasteiger partial charge in [0.2, 0.25) is 5.91 Å². The van der Waals surface area contributed by atoms with Gasteiger partial charge in [-0.1, -0.05) is 6.07 Å². The molecule has 6 nitrogen and oxygen atoms in total. The third-order valence-corrected chi connectivity index (χ3v) is 5.03. The topological polar surface area (TPSA) is 71.5 Å². The number of amides is 2. The zero-order valence-electron chi connectivity index (χ0n) is 14.2. The van der Waals surface area contributed by atoms with E-state index in [-0.39, 0.29) is 24.3 Å². The summed E-state index contributed by atoms with van der Waals surface area (Å²) >= 11 is 2.22.